The van der Waals surface area contributed by atoms with E-state index in [-0.39, 0.29) is 0 Å². The van der Waals surface area contributed by atoms with E-state index in [2.05, 4.69) is 26.1 Å². The Hall–Kier alpha value is -0.0800. The van der Waals surface area contributed by atoms with Crippen molar-refractivity contribution in [1.29, 1.82) is 0 Å². The van der Waals surface area contributed by atoms with Crippen LogP contribution in [0.2, 0.25) is 0 Å². The minimum Gasteiger partial charge on any atom is -0.378 e. The highest BCUT2D eigenvalue weighted by atomic mass is 16.5. The van der Waals surface area contributed by atoms with Gasteiger partial charge in [-0.15, -0.1) is 0 Å². The lowest BCUT2D eigenvalue weighted by Crippen LogP contribution is -2.44. The Kier molecular flexibility index (Phi) is 4.14. The predicted octanol–water partition coefficient (Wildman–Crippen LogP) is 3.36. The van der Waals surface area contributed by atoms with Crippen molar-refractivity contribution in [3.05, 3.63) is 0 Å². The molecule has 2 aliphatic heterocycles. The number of hydrogen-bond donors (Lipinski definition) is 1. The molecule has 0 aromatic rings. The Morgan fingerprint density at radius 1 is 1.18 bits per heavy atom. The fraction of sp³-hybridized carbons (Fsp3) is 1.00. The summed E-state index contributed by atoms with van der Waals surface area (Å²) in [5.41, 5.74) is 0.983. The number of ether oxygens (including phenoxy) is 1. The molecule has 17 heavy (non-hydrogen) atoms. The summed E-state index contributed by atoms with van der Waals surface area (Å²) in [6.45, 7) is 10.4. The van der Waals surface area contributed by atoms with Gasteiger partial charge >= 0.3 is 0 Å². The molecule has 0 bridgehead atoms. The van der Waals surface area contributed by atoms with Crippen molar-refractivity contribution in [3.63, 3.8) is 0 Å². The van der Waals surface area contributed by atoms with Gasteiger partial charge in [0, 0.05) is 0 Å². The second-order valence-electron chi connectivity index (χ2n) is 7.32. The second-order valence-corrected chi connectivity index (χ2v) is 7.32. The number of piperidine rings is 1. The molecular formula is C15H29NO. The molecule has 1 atom stereocenters. The smallest absolute Gasteiger partial charge is 0.0575 e. The molecule has 2 rings (SSSR count). The first-order valence-corrected chi connectivity index (χ1v) is 7.32. The van der Waals surface area contributed by atoms with Crippen molar-refractivity contribution in [2.24, 2.45) is 10.8 Å². The van der Waals surface area contributed by atoms with Crippen molar-refractivity contribution in [1.82, 2.24) is 5.32 Å². The molecule has 1 N–H and O–H groups in total. The van der Waals surface area contributed by atoms with Crippen molar-refractivity contribution >= 4 is 0 Å². The molecule has 2 aliphatic rings. The summed E-state index contributed by atoms with van der Waals surface area (Å²) in [6.07, 6.45) is 8.39. The van der Waals surface area contributed by atoms with Gasteiger partial charge in [0.25, 0.3) is 0 Å². The van der Waals surface area contributed by atoms with Gasteiger partial charge in [-0.1, -0.05) is 20.8 Å². The monoisotopic (exact) mass is 239 g/mol. The summed E-state index contributed by atoms with van der Waals surface area (Å²) in [4.78, 5) is 0. The van der Waals surface area contributed by atoms with E-state index in [9.17, 15) is 0 Å². The Bertz CT molecular complexity index is 228. The first kappa shape index (κ1) is 13.4. The van der Waals surface area contributed by atoms with Crippen LogP contribution in [0.25, 0.3) is 0 Å². The maximum atomic E-state index is 6.14. The SMILES string of the molecule is CC(C)(C)CCC1CCC2(CCNCC2)CO1. The first-order chi connectivity index (χ1) is 7.99. The molecule has 2 heteroatoms. The quantitative estimate of drug-likeness (QED) is 0.798. The second kappa shape index (κ2) is 5.27. The van der Waals surface area contributed by atoms with Gasteiger partial charge < -0.3 is 10.1 Å². The van der Waals surface area contributed by atoms with E-state index in [4.69, 9.17) is 4.74 Å². The third-order valence-electron chi connectivity index (χ3n) is 4.50. The Balaban J connectivity index is 1.74. The number of nitrogens with one attached hydrogen (secondary N) is 1. The zero-order chi connectivity index (χ0) is 12.4. The molecule has 2 saturated heterocycles. The largest absolute Gasteiger partial charge is 0.378 e. The molecule has 2 nitrogen and oxygen atoms in total. The van der Waals surface area contributed by atoms with Gasteiger partial charge in [-0.05, 0) is 62.4 Å². The van der Waals surface area contributed by atoms with Gasteiger partial charge in [0.15, 0.2) is 0 Å². The van der Waals surface area contributed by atoms with Gasteiger partial charge in [0.05, 0.1) is 12.7 Å². The zero-order valence-corrected chi connectivity index (χ0v) is 11.8. The molecule has 2 fully saturated rings. The van der Waals surface area contributed by atoms with Gasteiger partial charge in [0.1, 0.15) is 0 Å². The van der Waals surface area contributed by atoms with Crippen molar-refractivity contribution < 1.29 is 4.74 Å². The molecule has 0 aromatic heterocycles. The highest BCUT2D eigenvalue weighted by Gasteiger charge is 2.36. The van der Waals surface area contributed by atoms with Crippen molar-refractivity contribution in [3.8, 4) is 0 Å². The minimum atomic E-state index is 0.452. The Labute approximate surface area is 107 Å². The molecule has 1 unspecified atom stereocenters. The summed E-state index contributed by atoms with van der Waals surface area (Å²) >= 11 is 0. The number of rotatable bonds is 2. The van der Waals surface area contributed by atoms with Crippen LogP contribution in [0, 0.1) is 10.8 Å². The van der Waals surface area contributed by atoms with Crippen LogP contribution in [-0.2, 0) is 4.74 Å². The summed E-state index contributed by atoms with van der Waals surface area (Å²) in [5.74, 6) is 0. The van der Waals surface area contributed by atoms with E-state index in [0.29, 0.717) is 16.9 Å². The van der Waals surface area contributed by atoms with Crippen LogP contribution in [0.4, 0.5) is 0 Å². The maximum absolute atomic E-state index is 6.14. The molecule has 0 amide bonds. The van der Waals surface area contributed by atoms with Crippen LogP contribution < -0.4 is 5.32 Å². The van der Waals surface area contributed by atoms with Crippen LogP contribution in [0.1, 0.15) is 59.3 Å². The van der Waals surface area contributed by atoms with Gasteiger partial charge in [-0.3, -0.25) is 0 Å². The summed E-state index contributed by atoms with van der Waals surface area (Å²) in [7, 11) is 0. The average molecular weight is 239 g/mol. The number of hydrogen-bond acceptors (Lipinski definition) is 2. The van der Waals surface area contributed by atoms with Crippen LogP contribution >= 0.6 is 0 Å². The van der Waals surface area contributed by atoms with E-state index in [0.717, 1.165) is 6.61 Å². The van der Waals surface area contributed by atoms with Gasteiger partial charge in [-0.25, -0.2) is 0 Å². The molecule has 0 aromatic carbocycles. The van der Waals surface area contributed by atoms with Crippen molar-refractivity contribution in [2.75, 3.05) is 19.7 Å². The fourth-order valence-electron chi connectivity index (χ4n) is 3.09. The van der Waals surface area contributed by atoms with Gasteiger partial charge in [0.2, 0.25) is 0 Å². The molecule has 0 saturated carbocycles. The van der Waals surface area contributed by atoms with E-state index in [1.54, 1.807) is 0 Å². The standard InChI is InChI=1S/C15H29NO/c1-14(2,3)6-4-13-5-7-15(12-17-13)8-10-16-11-9-15/h13,16H,4-12H2,1-3H3. The van der Waals surface area contributed by atoms with E-state index in [1.807, 2.05) is 0 Å². The lowest BCUT2D eigenvalue weighted by Gasteiger charge is -2.43. The lowest BCUT2D eigenvalue weighted by atomic mass is 9.73. The van der Waals surface area contributed by atoms with Crippen LogP contribution in [0.3, 0.4) is 0 Å². The molecule has 1 spiro atoms. The van der Waals surface area contributed by atoms with Gasteiger partial charge in [-0.2, -0.15) is 0 Å². The van der Waals surface area contributed by atoms with Crippen LogP contribution in [0.5, 0.6) is 0 Å². The first-order valence-electron chi connectivity index (χ1n) is 7.32. The summed E-state index contributed by atoms with van der Waals surface area (Å²) in [6, 6.07) is 0. The minimum absolute atomic E-state index is 0.452. The molecule has 0 radical (unpaired) electrons. The zero-order valence-electron chi connectivity index (χ0n) is 11.8. The van der Waals surface area contributed by atoms with E-state index < -0.39 is 0 Å². The van der Waals surface area contributed by atoms with Crippen LogP contribution in [0.15, 0.2) is 0 Å². The maximum Gasteiger partial charge on any atom is 0.0575 e. The van der Waals surface area contributed by atoms with E-state index in [1.165, 1.54) is 51.6 Å². The van der Waals surface area contributed by atoms with Crippen molar-refractivity contribution in [2.45, 2.75) is 65.4 Å². The Morgan fingerprint density at radius 2 is 1.88 bits per heavy atom. The summed E-state index contributed by atoms with van der Waals surface area (Å²) in [5, 5.41) is 3.46. The molecule has 0 aliphatic carbocycles. The fourth-order valence-corrected chi connectivity index (χ4v) is 3.09. The molecular weight excluding hydrogens is 210 g/mol. The average Bonchev–Trinajstić information content (AvgIpc) is 2.29. The topological polar surface area (TPSA) is 21.3 Å². The normalized spacial score (nSPS) is 29.5. The Morgan fingerprint density at radius 3 is 2.41 bits per heavy atom. The third-order valence-corrected chi connectivity index (χ3v) is 4.50. The molecule has 100 valence electrons. The third kappa shape index (κ3) is 3.96. The highest BCUT2D eigenvalue weighted by molar-refractivity contribution is 4.88. The predicted molar refractivity (Wildman–Crippen MR) is 72.2 cm³/mol. The lowest BCUT2D eigenvalue weighted by molar-refractivity contribution is -0.0795. The summed E-state index contributed by atoms with van der Waals surface area (Å²) < 4.78 is 6.14. The van der Waals surface area contributed by atoms with E-state index >= 15 is 0 Å². The molecule has 2 heterocycles. The van der Waals surface area contributed by atoms with Crippen LogP contribution in [-0.4, -0.2) is 25.8 Å². The highest BCUT2D eigenvalue weighted by Crippen LogP contribution is 2.40.